The molecule has 0 aromatic carbocycles. The van der Waals surface area contributed by atoms with Gasteiger partial charge in [0, 0.05) is 25.0 Å². The van der Waals surface area contributed by atoms with Crippen molar-refractivity contribution in [1.82, 2.24) is 14.7 Å². The molecule has 1 aromatic rings. The molecule has 30 heavy (non-hydrogen) atoms. The van der Waals surface area contributed by atoms with Gasteiger partial charge in [0.05, 0.1) is 0 Å². The van der Waals surface area contributed by atoms with E-state index in [2.05, 4.69) is 0 Å². The fourth-order valence-corrected chi connectivity index (χ4v) is 5.67. The quantitative estimate of drug-likeness (QED) is 0.536. The van der Waals surface area contributed by atoms with Gasteiger partial charge in [-0.05, 0) is 43.2 Å². The number of carbonyl (C=O) groups is 4. The van der Waals surface area contributed by atoms with E-state index in [9.17, 15) is 19.2 Å². The number of amides is 4. The van der Waals surface area contributed by atoms with E-state index in [-0.39, 0.29) is 11.8 Å². The van der Waals surface area contributed by atoms with Crippen LogP contribution < -0.4 is 0 Å². The van der Waals surface area contributed by atoms with Gasteiger partial charge in [-0.25, -0.2) is 4.79 Å². The second kappa shape index (κ2) is 8.02. The fourth-order valence-electron chi connectivity index (χ4n) is 4.78. The summed E-state index contributed by atoms with van der Waals surface area (Å²) in [5, 5.41) is 2.02. The van der Waals surface area contributed by atoms with Crippen LogP contribution in [0.5, 0.6) is 0 Å². The maximum atomic E-state index is 13.0. The Kier molecular flexibility index (Phi) is 5.57. The predicted molar refractivity (Wildman–Crippen MR) is 110 cm³/mol. The second-order valence-electron chi connectivity index (χ2n) is 8.34. The highest BCUT2D eigenvalue weighted by Crippen LogP contribution is 2.39. The number of imide groups is 1. The van der Waals surface area contributed by atoms with Crippen LogP contribution in [0.25, 0.3) is 0 Å². The average Bonchev–Trinajstić information content (AvgIpc) is 3.28. The van der Waals surface area contributed by atoms with Crippen molar-refractivity contribution in [2.24, 2.45) is 0 Å². The van der Waals surface area contributed by atoms with E-state index in [1.54, 1.807) is 23.3 Å². The Balaban J connectivity index is 1.35. The van der Waals surface area contributed by atoms with E-state index >= 15 is 0 Å². The van der Waals surface area contributed by atoms with Crippen LogP contribution in [0.4, 0.5) is 4.79 Å². The van der Waals surface area contributed by atoms with Crippen LogP contribution in [-0.4, -0.2) is 70.3 Å². The third-order valence-corrected chi connectivity index (χ3v) is 7.57. The molecule has 1 aromatic heterocycles. The van der Waals surface area contributed by atoms with Crippen LogP contribution in [0.3, 0.4) is 0 Å². The highest BCUT2D eigenvalue weighted by atomic mass is 32.1. The van der Waals surface area contributed by atoms with E-state index in [1.165, 1.54) is 16.7 Å². The summed E-state index contributed by atoms with van der Waals surface area (Å²) in [7, 11) is 1.62. The fraction of sp³-hybridized carbons (Fsp3) is 0.619. The topological polar surface area (TPSA) is 87.2 Å². The molecular formula is C21H27N3O5S. The largest absolute Gasteiger partial charge is 0.451 e. The molecule has 0 N–H and O–H groups in total. The first kappa shape index (κ1) is 20.8. The number of likely N-dealkylation sites (N-methyl/N-ethyl adjacent to an activating group) is 1. The number of carbonyl (C=O) groups excluding carboxylic acids is 4. The monoisotopic (exact) mass is 433 g/mol. The predicted octanol–water partition coefficient (Wildman–Crippen LogP) is 2.16. The number of hydrogen-bond donors (Lipinski definition) is 0. The van der Waals surface area contributed by atoms with Crippen molar-refractivity contribution in [1.29, 1.82) is 0 Å². The molecule has 2 fully saturated rings. The first-order valence-electron chi connectivity index (χ1n) is 10.5. The summed E-state index contributed by atoms with van der Waals surface area (Å²) in [6.07, 6.45) is 3.88. The molecule has 0 radical (unpaired) electrons. The lowest BCUT2D eigenvalue weighted by atomic mass is 9.81. The molecule has 2 aliphatic heterocycles. The zero-order valence-corrected chi connectivity index (χ0v) is 18.2. The zero-order valence-electron chi connectivity index (χ0n) is 17.4. The second-order valence-corrected chi connectivity index (χ2v) is 9.34. The van der Waals surface area contributed by atoms with Crippen molar-refractivity contribution >= 4 is 35.2 Å². The Morgan fingerprint density at radius 3 is 2.70 bits per heavy atom. The van der Waals surface area contributed by atoms with E-state index in [4.69, 9.17) is 4.74 Å². The SMILES string of the molecule is CC(OC(=O)CN1C(=O)N(C)C2(CCCCC2)C1=O)C(=O)N1CCc2sccc2C1. The maximum absolute atomic E-state index is 13.0. The minimum absolute atomic E-state index is 0.264. The molecular weight excluding hydrogens is 406 g/mol. The molecule has 1 spiro atoms. The summed E-state index contributed by atoms with van der Waals surface area (Å²) < 4.78 is 5.31. The molecule has 3 heterocycles. The molecule has 4 amide bonds. The number of esters is 1. The van der Waals surface area contributed by atoms with Crippen LogP contribution in [-0.2, 0) is 32.1 Å². The third-order valence-electron chi connectivity index (χ3n) is 6.55. The van der Waals surface area contributed by atoms with Crippen molar-refractivity contribution in [2.75, 3.05) is 20.1 Å². The van der Waals surface area contributed by atoms with Gasteiger partial charge in [-0.3, -0.25) is 19.3 Å². The Morgan fingerprint density at radius 2 is 1.97 bits per heavy atom. The summed E-state index contributed by atoms with van der Waals surface area (Å²) in [6.45, 7) is 2.17. The van der Waals surface area contributed by atoms with Gasteiger partial charge in [0.25, 0.3) is 11.8 Å². The van der Waals surface area contributed by atoms with Gasteiger partial charge < -0.3 is 14.5 Å². The molecule has 0 bridgehead atoms. The first-order chi connectivity index (χ1) is 14.3. The average molecular weight is 434 g/mol. The molecule has 1 aliphatic carbocycles. The van der Waals surface area contributed by atoms with Gasteiger partial charge in [0.2, 0.25) is 0 Å². The molecule has 4 rings (SSSR count). The minimum atomic E-state index is -0.966. The van der Waals surface area contributed by atoms with Gasteiger partial charge >= 0.3 is 12.0 Å². The minimum Gasteiger partial charge on any atom is -0.451 e. The summed E-state index contributed by atoms with van der Waals surface area (Å²) in [5.74, 6) is -1.33. The Bertz CT molecular complexity index is 876. The Hall–Kier alpha value is -2.42. The highest BCUT2D eigenvalue weighted by Gasteiger charge is 2.56. The van der Waals surface area contributed by atoms with Crippen LogP contribution in [0.1, 0.15) is 49.5 Å². The van der Waals surface area contributed by atoms with Gasteiger partial charge in [0.15, 0.2) is 6.10 Å². The summed E-state index contributed by atoms with van der Waals surface area (Å²) in [4.78, 5) is 56.2. The van der Waals surface area contributed by atoms with E-state index < -0.39 is 30.2 Å². The number of hydrogen-bond acceptors (Lipinski definition) is 6. The zero-order chi connectivity index (χ0) is 21.5. The van der Waals surface area contributed by atoms with Crippen molar-refractivity contribution in [3.8, 4) is 0 Å². The summed E-state index contributed by atoms with van der Waals surface area (Å²) in [5.41, 5.74) is 0.301. The standard InChI is InChI=1S/C21H27N3O5S/c1-14(18(26)23-10-6-16-15(12-23)7-11-30-16)29-17(25)13-24-19(27)21(22(2)20(24)28)8-4-3-5-9-21/h7,11,14H,3-6,8-10,12-13H2,1-2H3. The highest BCUT2D eigenvalue weighted by molar-refractivity contribution is 7.10. The molecule has 9 heteroatoms. The molecule has 3 aliphatic rings. The van der Waals surface area contributed by atoms with Crippen LogP contribution >= 0.6 is 11.3 Å². The van der Waals surface area contributed by atoms with Crippen molar-refractivity contribution in [2.45, 2.75) is 63.6 Å². The smallest absolute Gasteiger partial charge is 0.327 e. The molecule has 1 atom stereocenters. The van der Waals surface area contributed by atoms with Crippen molar-refractivity contribution in [3.63, 3.8) is 0 Å². The lowest BCUT2D eigenvalue weighted by molar-refractivity contribution is -0.160. The van der Waals surface area contributed by atoms with Crippen LogP contribution in [0.2, 0.25) is 0 Å². The van der Waals surface area contributed by atoms with Gasteiger partial charge in [0.1, 0.15) is 12.1 Å². The summed E-state index contributed by atoms with van der Waals surface area (Å²) >= 11 is 1.69. The molecule has 1 unspecified atom stereocenters. The van der Waals surface area contributed by atoms with Crippen LogP contribution in [0.15, 0.2) is 11.4 Å². The van der Waals surface area contributed by atoms with Gasteiger partial charge in [-0.15, -0.1) is 11.3 Å². The normalized spacial score (nSPS) is 21.7. The number of thiophene rings is 1. The molecule has 8 nitrogen and oxygen atoms in total. The van der Waals surface area contributed by atoms with Gasteiger partial charge in [-0.1, -0.05) is 19.3 Å². The lowest BCUT2D eigenvalue weighted by Gasteiger charge is -2.35. The molecule has 1 saturated heterocycles. The number of ether oxygens (including phenoxy) is 1. The van der Waals surface area contributed by atoms with Crippen molar-refractivity contribution in [3.05, 3.63) is 21.9 Å². The number of nitrogens with zero attached hydrogens (tertiary/aromatic N) is 3. The van der Waals surface area contributed by atoms with E-state index in [0.717, 1.165) is 36.1 Å². The molecule has 1 saturated carbocycles. The Morgan fingerprint density at radius 1 is 1.23 bits per heavy atom. The van der Waals surface area contributed by atoms with E-state index in [0.29, 0.717) is 25.9 Å². The lowest BCUT2D eigenvalue weighted by Crippen LogP contribution is -2.49. The third kappa shape index (κ3) is 3.49. The number of rotatable bonds is 4. The van der Waals surface area contributed by atoms with E-state index in [1.807, 2.05) is 11.4 Å². The number of fused-ring (bicyclic) bond motifs is 1. The van der Waals surface area contributed by atoms with Crippen molar-refractivity contribution < 1.29 is 23.9 Å². The molecule has 162 valence electrons. The Labute approximate surface area is 179 Å². The summed E-state index contributed by atoms with van der Waals surface area (Å²) in [6, 6.07) is 1.54. The first-order valence-corrected chi connectivity index (χ1v) is 11.3. The van der Waals surface area contributed by atoms with Crippen LogP contribution in [0, 0.1) is 0 Å². The maximum Gasteiger partial charge on any atom is 0.327 e. The number of urea groups is 1. The van der Waals surface area contributed by atoms with Gasteiger partial charge in [-0.2, -0.15) is 0 Å².